The lowest BCUT2D eigenvalue weighted by molar-refractivity contribution is 0.793. The van der Waals surface area contributed by atoms with Crippen LogP contribution < -0.4 is 10.6 Å². The maximum atomic E-state index is 3.96. The molecule has 14 heavy (non-hydrogen) atoms. The number of halogens is 2. The van der Waals surface area contributed by atoms with Crippen molar-refractivity contribution in [1.29, 1.82) is 0 Å². The number of anilines is 1. The van der Waals surface area contributed by atoms with E-state index < -0.39 is 0 Å². The number of nitrogens with zero attached hydrogens (tertiary/aromatic N) is 1. The lowest BCUT2D eigenvalue weighted by atomic mass is 10.2. The van der Waals surface area contributed by atoms with E-state index in [4.69, 9.17) is 0 Å². The Morgan fingerprint density at radius 1 is 1.29 bits per heavy atom. The minimum atomic E-state index is 0. The van der Waals surface area contributed by atoms with Gasteiger partial charge in [0.25, 0.3) is 0 Å². The molecule has 5 heteroatoms. The van der Waals surface area contributed by atoms with Crippen molar-refractivity contribution >= 4 is 30.5 Å². The van der Waals surface area contributed by atoms with E-state index >= 15 is 0 Å². The van der Waals surface area contributed by atoms with Crippen molar-refractivity contribution in [3.63, 3.8) is 0 Å². The first-order valence-corrected chi connectivity index (χ1v) is 4.32. The molecule has 0 aromatic carbocycles. The topological polar surface area (TPSA) is 37.0 Å². The Bertz CT molecular complexity index is 237. The Morgan fingerprint density at radius 3 is 2.57 bits per heavy atom. The van der Waals surface area contributed by atoms with Crippen LogP contribution in [0.1, 0.15) is 6.42 Å². The lowest BCUT2D eigenvalue weighted by Crippen LogP contribution is -2.21. The molecule has 0 radical (unpaired) electrons. The first kappa shape index (κ1) is 13.5. The van der Waals surface area contributed by atoms with Crippen LogP contribution in [-0.4, -0.2) is 24.1 Å². The summed E-state index contributed by atoms with van der Waals surface area (Å²) in [7, 11) is 0. The lowest BCUT2D eigenvalue weighted by Gasteiger charge is -2.11. The predicted octanol–water partition coefficient (Wildman–Crippen LogP) is 1.70. The van der Waals surface area contributed by atoms with Gasteiger partial charge in [0, 0.05) is 30.7 Å². The zero-order valence-electron chi connectivity index (χ0n) is 7.77. The summed E-state index contributed by atoms with van der Waals surface area (Å²) >= 11 is 0. The quantitative estimate of drug-likeness (QED) is 0.820. The van der Waals surface area contributed by atoms with Crippen LogP contribution in [0.15, 0.2) is 24.5 Å². The van der Waals surface area contributed by atoms with Gasteiger partial charge in [-0.3, -0.25) is 4.98 Å². The Morgan fingerprint density at radius 2 is 2.00 bits per heavy atom. The molecule has 1 aliphatic heterocycles. The van der Waals surface area contributed by atoms with E-state index in [9.17, 15) is 0 Å². The van der Waals surface area contributed by atoms with Crippen molar-refractivity contribution in [3.05, 3.63) is 24.5 Å². The molecule has 1 unspecified atom stereocenters. The molecule has 0 saturated carbocycles. The predicted molar refractivity (Wildman–Crippen MR) is 63.6 cm³/mol. The number of rotatable bonds is 2. The summed E-state index contributed by atoms with van der Waals surface area (Å²) in [5.74, 6) is 0. The monoisotopic (exact) mass is 235 g/mol. The van der Waals surface area contributed by atoms with Crippen LogP contribution in [0, 0.1) is 0 Å². The van der Waals surface area contributed by atoms with Gasteiger partial charge in [0.1, 0.15) is 0 Å². The zero-order chi connectivity index (χ0) is 8.23. The van der Waals surface area contributed by atoms with Crippen LogP contribution in [0.25, 0.3) is 0 Å². The average Bonchev–Trinajstić information content (AvgIpc) is 2.59. The molecule has 2 heterocycles. The fourth-order valence-electron chi connectivity index (χ4n) is 1.46. The zero-order valence-corrected chi connectivity index (χ0v) is 9.40. The Hall–Kier alpha value is -0.510. The van der Waals surface area contributed by atoms with E-state index in [0.29, 0.717) is 6.04 Å². The molecular formula is C9H15Cl2N3. The van der Waals surface area contributed by atoms with E-state index in [-0.39, 0.29) is 24.8 Å². The summed E-state index contributed by atoms with van der Waals surface area (Å²) in [6.07, 6.45) is 4.83. The van der Waals surface area contributed by atoms with E-state index in [2.05, 4.69) is 15.6 Å². The molecule has 80 valence electrons. The largest absolute Gasteiger partial charge is 0.381 e. The first-order chi connectivity index (χ1) is 5.95. The highest BCUT2D eigenvalue weighted by Gasteiger charge is 2.12. The van der Waals surface area contributed by atoms with Gasteiger partial charge in [-0.25, -0.2) is 0 Å². The molecule has 1 fully saturated rings. The number of hydrogen-bond acceptors (Lipinski definition) is 3. The molecular weight excluding hydrogens is 221 g/mol. The van der Waals surface area contributed by atoms with Crippen molar-refractivity contribution < 1.29 is 0 Å². The summed E-state index contributed by atoms with van der Waals surface area (Å²) in [4.78, 5) is 3.96. The molecule has 3 nitrogen and oxygen atoms in total. The summed E-state index contributed by atoms with van der Waals surface area (Å²) in [6.45, 7) is 2.20. The third-order valence-corrected chi connectivity index (χ3v) is 2.11. The van der Waals surface area contributed by atoms with E-state index in [1.807, 2.05) is 24.5 Å². The highest BCUT2D eigenvalue weighted by atomic mass is 35.5. The van der Waals surface area contributed by atoms with Crippen LogP contribution >= 0.6 is 24.8 Å². The molecule has 1 aliphatic rings. The van der Waals surface area contributed by atoms with Crippen molar-refractivity contribution in [2.24, 2.45) is 0 Å². The molecule has 1 saturated heterocycles. The summed E-state index contributed by atoms with van der Waals surface area (Å²) in [5, 5.41) is 6.75. The number of pyridine rings is 1. The van der Waals surface area contributed by atoms with Crippen molar-refractivity contribution in [2.45, 2.75) is 12.5 Å². The number of aromatic nitrogens is 1. The van der Waals surface area contributed by atoms with Gasteiger partial charge < -0.3 is 10.6 Å². The highest BCUT2D eigenvalue weighted by molar-refractivity contribution is 5.85. The molecule has 1 atom stereocenters. The SMILES string of the molecule is Cl.Cl.c1cc(NC2CCNC2)ccn1. The van der Waals surface area contributed by atoms with Crippen molar-refractivity contribution in [2.75, 3.05) is 18.4 Å². The maximum Gasteiger partial charge on any atom is 0.0398 e. The minimum Gasteiger partial charge on any atom is -0.381 e. The third-order valence-electron chi connectivity index (χ3n) is 2.11. The highest BCUT2D eigenvalue weighted by Crippen LogP contribution is 2.09. The fourth-order valence-corrected chi connectivity index (χ4v) is 1.46. The van der Waals surface area contributed by atoms with Gasteiger partial charge in [-0.15, -0.1) is 24.8 Å². The van der Waals surface area contributed by atoms with Gasteiger partial charge >= 0.3 is 0 Å². The third kappa shape index (κ3) is 3.70. The molecule has 1 aromatic heterocycles. The van der Waals surface area contributed by atoms with E-state index in [0.717, 1.165) is 13.1 Å². The van der Waals surface area contributed by atoms with Gasteiger partial charge in [-0.1, -0.05) is 0 Å². The molecule has 0 aliphatic carbocycles. The summed E-state index contributed by atoms with van der Waals surface area (Å²) < 4.78 is 0. The second-order valence-electron chi connectivity index (χ2n) is 3.07. The van der Waals surface area contributed by atoms with Crippen LogP contribution in [0.5, 0.6) is 0 Å². The Kier molecular flexibility index (Phi) is 6.62. The second kappa shape index (κ2) is 6.87. The summed E-state index contributed by atoms with van der Waals surface area (Å²) in [5.41, 5.74) is 1.17. The molecule has 2 N–H and O–H groups in total. The molecule has 1 aromatic rings. The molecule has 2 rings (SSSR count). The number of nitrogens with one attached hydrogen (secondary N) is 2. The molecule has 0 spiro atoms. The van der Waals surface area contributed by atoms with E-state index in [1.165, 1.54) is 12.1 Å². The average molecular weight is 236 g/mol. The Labute approximate surface area is 96.5 Å². The smallest absolute Gasteiger partial charge is 0.0398 e. The number of hydrogen-bond donors (Lipinski definition) is 2. The van der Waals surface area contributed by atoms with Crippen LogP contribution in [0.2, 0.25) is 0 Å². The molecule has 0 bridgehead atoms. The van der Waals surface area contributed by atoms with Crippen LogP contribution in [-0.2, 0) is 0 Å². The van der Waals surface area contributed by atoms with Gasteiger partial charge in [0.2, 0.25) is 0 Å². The fraction of sp³-hybridized carbons (Fsp3) is 0.444. The van der Waals surface area contributed by atoms with Gasteiger partial charge in [-0.05, 0) is 25.1 Å². The standard InChI is InChI=1S/C9H13N3.2ClH/c1-4-10-5-2-8(1)12-9-3-6-11-7-9;;/h1-2,4-5,9,11H,3,6-7H2,(H,10,12);2*1H. The van der Waals surface area contributed by atoms with Crippen LogP contribution in [0.4, 0.5) is 5.69 Å². The molecule has 0 amide bonds. The van der Waals surface area contributed by atoms with Crippen molar-refractivity contribution in [3.8, 4) is 0 Å². The second-order valence-corrected chi connectivity index (χ2v) is 3.07. The van der Waals surface area contributed by atoms with E-state index in [1.54, 1.807) is 0 Å². The van der Waals surface area contributed by atoms with Crippen molar-refractivity contribution in [1.82, 2.24) is 10.3 Å². The summed E-state index contributed by atoms with van der Waals surface area (Å²) in [6, 6.07) is 4.59. The van der Waals surface area contributed by atoms with Crippen LogP contribution in [0.3, 0.4) is 0 Å². The Balaban J connectivity index is 0.000000845. The maximum absolute atomic E-state index is 3.96. The van der Waals surface area contributed by atoms with Gasteiger partial charge in [0.15, 0.2) is 0 Å². The van der Waals surface area contributed by atoms with Gasteiger partial charge in [-0.2, -0.15) is 0 Å². The normalized spacial score (nSPS) is 19.3. The minimum absolute atomic E-state index is 0. The van der Waals surface area contributed by atoms with Gasteiger partial charge in [0.05, 0.1) is 0 Å². The first-order valence-electron chi connectivity index (χ1n) is 4.32.